The van der Waals surface area contributed by atoms with Crippen LogP contribution in [0.25, 0.3) is 0 Å². The summed E-state index contributed by atoms with van der Waals surface area (Å²) in [7, 11) is 0. The highest BCUT2D eigenvalue weighted by Crippen LogP contribution is 2.26. The molecule has 3 nitrogen and oxygen atoms in total. The number of Topliss-reactive ketones (excluding diaryl/α,β-unsaturated/α-hetero) is 1. The second-order valence-electron chi connectivity index (χ2n) is 3.63. The van der Waals surface area contributed by atoms with Crippen molar-refractivity contribution >= 4 is 11.7 Å². The summed E-state index contributed by atoms with van der Waals surface area (Å²) >= 11 is 0. The minimum Gasteiger partial charge on any atom is -0.294 e. The van der Waals surface area contributed by atoms with Crippen molar-refractivity contribution in [2.45, 2.75) is 25.4 Å². The van der Waals surface area contributed by atoms with Gasteiger partial charge < -0.3 is 0 Å². The Morgan fingerprint density at radius 1 is 1.31 bits per heavy atom. The van der Waals surface area contributed by atoms with Gasteiger partial charge >= 0.3 is 12.1 Å². The molecule has 1 aromatic rings. The summed E-state index contributed by atoms with van der Waals surface area (Å²) in [5, 5.41) is 0. The topological polar surface area (TPSA) is 39.1 Å². The summed E-state index contributed by atoms with van der Waals surface area (Å²) in [6, 6.07) is 1.28. The highest BCUT2D eigenvalue weighted by atomic mass is 19.4. The molecular formula is C10H8F3NO2. The van der Waals surface area contributed by atoms with E-state index in [0.29, 0.717) is 23.8 Å². The average molecular weight is 231 g/mol. The first kappa shape index (κ1) is 10.9. The molecule has 6 heteroatoms. The quantitative estimate of drug-likeness (QED) is 0.686. The fraction of sp³-hybridized carbons (Fsp3) is 0.400. The number of carbonyl (C=O) groups excluding carboxylic acids is 2. The van der Waals surface area contributed by atoms with Crippen LogP contribution in [-0.4, -0.2) is 22.4 Å². The van der Waals surface area contributed by atoms with E-state index < -0.39 is 12.1 Å². The van der Waals surface area contributed by atoms with Gasteiger partial charge in [-0.3, -0.25) is 14.2 Å². The second kappa shape index (κ2) is 3.47. The van der Waals surface area contributed by atoms with Gasteiger partial charge in [-0.1, -0.05) is 0 Å². The number of rotatable bonds is 0. The Bertz CT molecular complexity index is 459. The van der Waals surface area contributed by atoms with E-state index in [1.807, 2.05) is 0 Å². The third-order valence-electron chi connectivity index (χ3n) is 2.57. The lowest BCUT2D eigenvalue weighted by Crippen LogP contribution is -2.30. The maximum Gasteiger partial charge on any atom is 0.472 e. The molecule has 1 aliphatic carbocycles. The van der Waals surface area contributed by atoms with Gasteiger partial charge in [0.1, 0.15) is 0 Å². The fourth-order valence-electron chi connectivity index (χ4n) is 1.85. The zero-order chi connectivity index (χ0) is 11.9. The molecule has 0 aliphatic heterocycles. The number of alkyl halides is 3. The van der Waals surface area contributed by atoms with Crippen LogP contribution in [0.15, 0.2) is 12.3 Å². The van der Waals surface area contributed by atoms with Crippen LogP contribution < -0.4 is 0 Å². The number of nitrogens with zero attached hydrogens (tertiary/aromatic N) is 1. The third kappa shape index (κ3) is 1.64. The molecule has 1 heterocycles. The lowest BCUT2D eigenvalue weighted by molar-refractivity contribution is -0.0948. The molecule has 1 aliphatic rings. The van der Waals surface area contributed by atoms with Gasteiger partial charge in [0, 0.05) is 23.9 Å². The minimum absolute atomic E-state index is 0.179. The average Bonchev–Trinajstić information content (AvgIpc) is 2.60. The summed E-state index contributed by atoms with van der Waals surface area (Å²) in [6.07, 6.45) is -2.74. The van der Waals surface area contributed by atoms with Crippen molar-refractivity contribution in [3.05, 3.63) is 23.5 Å². The molecule has 2 rings (SSSR count). The number of carbonyl (C=O) groups is 2. The predicted octanol–water partition coefficient (Wildman–Crippen LogP) is 2.21. The summed E-state index contributed by atoms with van der Waals surface area (Å²) in [5.41, 5.74) is 0.419. The van der Waals surface area contributed by atoms with Crippen molar-refractivity contribution in [2.75, 3.05) is 0 Å². The number of halogens is 3. The van der Waals surface area contributed by atoms with Crippen LogP contribution in [0.1, 0.15) is 33.7 Å². The minimum atomic E-state index is -4.91. The molecular weight excluding hydrogens is 223 g/mol. The van der Waals surface area contributed by atoms with E-state index in [0.717, 1.165) is 6.20 Å². The highest BCUT2D eigenvalue weighted by molar-refractivity contribution is 5.99. The molecule has 1 aromatic heterocycles. The van der Waals surface area contributed by atoms with Crippen LogP contribution in [0.3, 0.4) is 0 Å². The van der Waals surface area contributed by atoms with Gasteiger partial charge in [-0.15, -0.1) is 0 Å². The molecule has 0 amide bonds. The van der Waals surface area contributed by atoms with Gasteiger partial charge in [-0.05, 0) is 18.9 Å². The molecule has 0 N–H and O–H groups in total. The molecule has 16 heavy (non-hydrogen) atoms. The van der Waals surface area contributed by atoms with Crippen LogP contribution in [0.5, 0.6) is 0 Å². The summed E-state index contributed by atoms with van der Waals surface area (Å²) in [5.74, 6) is -2.14. The number of fused-ring (bicyclic) bond motifs is 1. The predicted molar refractivity (Wildman–Crippen MR) is 48.4 cm³/mol. The lowest BCUT2D eigenvalue weighted by atomic mass is 9.97. The third-order valence-corrected chi connectivity index (χ3v) is 2.57. The van der Waals surface area contributed by atoms with E-state index >= 15 is 0 Å². The number of ketones is 1. The Kier molecular flexibility index (Phi) is 2.36. The largest absolute Gasteiger partial charge is 0.472 e. The van der Waals surface area contributed by atoms with Gasteiger partial charge in [0.25, 0.3) is 0 Å². The summed E-state index contributed by atoms with van der Waals surface area (Å²) in [4.78, 5) is 22.4. The van der Waals surface area contributed by atoms with Crippen LogP contribution in [0.2, 0.25) is 0 Å². The van der Waals surface area contributed by atoms with Crippen molar-refractivity contribution in [2.24, 2.45) is 0 Å². The molecule has 0 saturated carbocycles. The Hall–Kier alpha value is -1.59. The molecule has 0 aromatic carbocycles. The zero-order valence-corrected chi connectivity index (χ0v) is 8.17. The Labute approximate surface area is 88.9 Å². The Morgan fingerprint density at radius 2 is 2.00 bits per heavy atom. The van der Waals surface area contributed by atoms with E-state index in [1.165, 1.54) is 6.07 Å². The summed E-state index contributed by atoms with van der Waals surface area (Å²) in [6.45, 7) is 0. The van der Waals surface area contributed by atoms with Gasteiger partial charge in [0.05, 0.1) is 0 Å². The molecule has 86 valence electrons. The first-order valence-corrected chi connectivity index (χ1v) is 4.76. The van der Waals surface area contributed by atoms with Gasteiger partial charge in [0.2, 0.25) is 0 Å². The van der Waals surface area contributed by atoms with Crippen LogP contribution in [-0.2, 0) is 6.42 Å². The first-order chi connectivity index (χ1) is 7.41. The van der Waals surface area contributed by atoms with E-state index in [1.54, 1.807) is 0 Å². The van der Waals surface area contributed by atoms with Crippen LogP contribution in [0, 0.1) is 0 Å². The molecule has 0 saturated heterocycles. The van der Waals surface area contributed by atoms with Gasteiger partial charge in [0.15, 0.2) is 5.78 Å². The van der Waals surface area contributed by atoms with Crippen molar-refractivity contribution in [3.8, 4) is 0 Å². The number of hydrogen-bond donors (Lipinski definition) is 0. The summed E-state index contributed by atoms with van der Waals surface area (Å²) < 4.78 is 37.2. The van der Waals surface area contributed by atoms with E-state index in [9.17, 15) is 22.8 Å². The van der Waals surface area contributed by atoms with Crippen molar-refractivity contribution in [3.63, 3.8) is 0 Å². The first-order valence-electron chi connectivity index (χ1n) is 4.76. The molecule has 0 fully saturated rings. The van der Waals surface area contributed by atoms with Crippen molar-refractivity contribution in [1.29, 1.82) is 0 Å². The normalized spacial score (nSPS) is 16.1. The fourth-order valence-corrected chi connectivity index (χ4v) is 1.85. The Morgan fingerprint density at radius 3 is 2.62 bits per heavy atom. The number of aromatic nitrogens is 1. The SMILES string of the molecule is O=C1CCCc2c1ccn2C(=O)C(F)(F)F. The number of hydrogen-bond acceptors (Lipinski definition) is 2. The maximum atomic E-state index is 12.2. The van der Waals surface area contributed by atoms with E-state index in [2.05, 4.69) is 0 Å². The van der Waals surface area contributed by atoms with Gasteiger partial charge in [-0.25, -0.2) is 0 Å². The monoisotopic (exact) mass is 231 g/mol. The standard InChI is InChI=1S/C10H8F3NO2/c11-10(12,13)9(16)14-5-4-6-7(14)2-1-3-8(6)15/h4-5H,1-3H2. The molecule has 0 spiro atoms. The van der Waals surface area contributed by atoms with E-state index in [-0.39, 0.29) is 17.0 Å². The second-order valence-corrected chi connectivity index (χ2v) is 3.63. The highest BCUT2D eigenvalue weighted by Gasteiger charge is 2.41. The van der Waals surface area contributed by atoms with Gasteiger partial charge in [-0.2, -0.15) is 13.2 Å². The molecule has 0 radical (unpaired) electrons. The van der Waals surface area contributed by atoms with Crippen LogP contribution >= 0.6 is 0 Å². The van der Waals surface area contributed by atoms with Crippen molar-refractivity contribution < 1.29 is 22.8 Å². The zero-order valence-electron chi connectivity index (χ0n) is 8.17. The van der Waals surface area contributed by atoms with E-state index in [4.69, 9.17) is 0 Å². The molecule has 0 unspecified atom stereocenters. The lowest BCUT2D eigenvalue weighted by Gasteiger charge is -2.14. The smallest absolute Gasteiger partial charge is 0.294 e. The van der Waals surface area contributed by atoms with Crippen LogP contribution in [0.4, 0.5) is 13.2 Å². The molecule has 0 atom stereocenters. The molecule has 0 bridgehead atoms. The Balaban J connectivity index is 2.45. The van der Waals surface area contributed by atoms with Crippen molar-refractivity contribution in [1.82, 2.24) is 4.57 Å². The maximum absolute atomic E-state index is 12.2.